The first kappa shape index (κ1) is 23.4. The minimum atomic E-state index is -0.659. The minimum absolute atomic E-state index is 0.00542. The van der Waals surface area contributed by atoms with Gasteiger partial charge in [-0.05, 0) is 36.6 Å². The lowest BCUT2D eigenvalue weighted by atomic mass is 9.96. The summed E-state index contributed by atoms with van der Waals surface area (Å²) in [7, 11) is 1.23. The third-order valence-electron chi connectivity index (χ3n) is 4.74. The Hall–Kier alpha value is -3.27. The van der Waals surface area contributed by atoms with E-state index in [-0.39, 0.29) is 51.2 Å². The van der Waals surface area contributed by atoms with Crippen LogP contribution in [0.1, 0.15) is 41.5 Å². The Kier molecular flexibility index (Phi) is 7.24. The summed E-state index contributed by atoms with van der Waals surface area (Å²) < 4.78 is 18.0. The molecule has 3 aromatic rings. The Morgan fingerprint density at radius 3 is 2.53 bits per heavy atom. The summed E-state index contributed by atoms with van der Waals surface area (Å²) in [5.74, 6) is -1.20. The van der Waals surface area contributed by atoms with E-state index in [9.17, 15) is 18.8 Å². The third-order valence-corrected chi connectivity index (χ3v) is 5.61. The molecular weight excluding hydrogens is 435 g/mol. The van der Waals surface area contributed by atoms with Crippen molar-refractivity contribution in [3.63, 3.8) is 0 Å². The maximum Gasteiger partial charge on any atom is 0.338 e. The molecule has 168 valence electrons. The fourth-order valence-corrected chi connectivity index (χ4v) is 3.91. The summed E-state index contributed by atoms with van der Waals surface area (Å²) in [4.78, 5) is 48.3. The molecule has 32 heavy (non-hydrogen) atoms. The second-order valence-electron chi connectivity index (χ2n) is 7.50. The van der Waals surface area contributed by atoms with Crippen LogP contribution in [0.3, 0.4) is 0 Å². The van der Waals surface area contributed by atoms with Gasteiger partial charge in [-0.3, -0.25) is 9.59 Å². The highest BCUT2D eigenvalue weighted by Gasteiger charge is 2.20. The molecule has 1 unspecified atom stereocenters. The first-order valence-electron chi connectivity index (χ1n) is 9.87. The van der Waals surface area contributed by atoms with Crippen molar-refractivity contribution in [3.8, 4) is 0 Å². The number of amides is 1. The van der Waals surface area contributed by atoms with Gasteiger partial charge < -0.3 is 15.0 Å². The van der Waals surface area contributed by atoms with Crippen molar-refractivity contribution >= 4 is 34.7 Å². The Morgan fingerprint density at radius 2 is 1.91 bits per heavy atom. The standard InChI is InChI=1S/C22H23FN4O4S/c1-11(2)18(13-5-7-14(23)8-6-13)25-16(28)10-32-22-26-19-17(20(29)27-22)15(21(30)31-4)9-12(3)24-19/h5-9,11,18H,10H2,1-4H3,(H,25,28)(H,24,26,27,29). The number of pyridine rings is 1. The van der Waals surface area contributed by atoms with E-state index >= 15 is 0 Å². The molecule has 0 spiro atoms. The minimum Gasteiger partial charge on any atom is -0.465 e. The molecule has 0 radical (unpaired) electrons. The molecule has 0 aliphatic heterocycles. The fraction of sp³-hybridized carbons (Fsp3) is 0.318. The van der Waals surface area contributed by atoms with Crippen LogP contribution >= 0.6 is 11.8 Å². The normalized spacial score (nSPS) is 12.1. The number of H-pyrrole nitrogens is 1. The smallest absolute Gasteiger partial charge is 0.338 e. The molecule has 8 nitrogen and oxygen atoms in total. The van der Waals surface area contributed by atoms with Gasteiger partial charge in [0.05, 0.1) is 29.9 Å². The van der Waals surface area contributed by atoms with E-state index in [4.69, 9.17) is 4.74 Å². The van der Waals surface area contributed by atoms with Gasteiger partial charge in [-0.2, -0.15) is 0 Å². The van der Waals surface area contributed by atoms with Crippen LogP contribution in [-0.4, -0.2) is 39.7 Å². The molecule has 1 amide bonds. The maximum absolute atomic E-state index is 13.2. The Bertz CT molecular complexity index is 1210. The summed E-state index contributed by atoms with van der Waals surface area (Å²) in [6, 6.07) is 7.16. The van der Waals surface area contributed by atoms with Crippen molar-refractivity contribution in [2.75, 3.05) is 12.9 Å². The molecule has 0 aliphatic rings. The Balaban J connectivity index is 1.78. The molecule has 0 saturated heterocycles. The van der Waals surface area contributed by atoms with Gasteiger partial charge in [-0.15, -0.1) is 0 Å². The summed E-state index contributed by atoms with van der Waals surface area (Å²) >= 11 is 1.04. The van der Waals surface area contributed by atoms with E-state index in [1.807, 2.05) is 13.8 Å². The number of nitrogens with one attached hydrogen (secondary N) is 2. The predicted octanol–water partition coefficient (Wildman–Crippen LogP) is 3.16. The number of esters is 1. The van der Waals surface area contributed by atoms with Crippen molar-refractivity contribution < 1.29 is 18.7 Å². The number of aromatic nitrogens is 3. The molecule has 2 N–H and O–H groups in total. The molecule has 1 atom stereocenters. The number of hydrogen-bond donors (Lipinski definition) is 2. The van der Waals surface area contributed by atoms with Crippen LogP contribution in [0.2, 0.25) is 0 Å². The maximum atomic E-state index is 13.2. The van der Waals surface area contributed by atoms with Gasteiger partial charge in [-0.25, -0.2) is 19.2 Å². The van der Waals surface area contributed by atoms with E-state index in [2.05, 4.69) is 20.3 Å². The van der Waals surface area contributed by atoms with Crippen LogP contribution in [0.15, 0.2) is 40.3 Å². The number of aryl methyl sites for hydroxylation is 1. The van der Waals surface area contributed by atoms with Crippen molar-refractivity contribution in [3.05, 3.63) is 63.3 Å². The molecule has 1 aromatic carbocycles. The molecule has 3 rings (SSSR count). The molecule has 0 saturated carbocycles. The van der Waals surface area contributed by atoms with Crippen LogP contribution in [-0.2, 0) is 9.53 Å². The number of nitrogens with zero attached hydrogens (tertiary/aromatic N) is 2. The van der Waals surface area contributed by atoms with E-state index < -0.39 is 11.5 Å². The third kappa shape index (κ3) is 5.31. The molecule has 2 heterocycles. The van der Waals surface area contributed by atoms with Gasteiger partial charge in [0.25, 0.3) is 5.56 Å². The van der Waals surface area contributed by atoms with Crippen LogP contribution in [0.5, 0.6) is 0 Å². The number of rotatable bonds is 7. The number of benzene rings is 1. The molecule has 2 aromatic heterocycles. The predicted molar refractivity (Wildman–Crippen MR) is 119 cm³/mol. The van der Waals surface area contributed by atoms with Crippen LogP contribution in [0.4, 0.5) is 4.39 Å². The Morgan fingerprint density at radius 1 is 1.22 bits per heavy atom. The largest absolute Gasteiger partial charge is 0.465 e. The zero-order valence-corrected chi connectivity index (χ0v) is 18.9. The number of carbonyl (C=O) groups is 2. The number of aromatic amines is 1. The highest BCUT2D eigenvalue weighted by atomic mass is 32.2. The number of thioether (sulfide) groups is 1. The van der Waals surface area contributed by atoms with E-state index in [0.717, 1.165) is 17.3 Å². The lowest BCUT2D eigenvalue weighted by Crippen LogP contribution is -2.33. The van der Waals surface area contributed by atoms with Gasteiger partial charge >= 0.3 is 5.97 Å². The number of ether oxygens (including phenoxy) is 1. The summed E-state index contributed by atoms with van der Waals surface area (Å²) in [6.45, 7) is 5.59. The van der Waals surface area contributed by atoms with Gasteiger partial charge in [0.15, 0.2) is 10.8 Å². The van der Waals surface area contributed by atoms with Gasteiger partial charge in [0.1, 0.15) is 5.82 Å². The van der Waals surface area contributed by atoms with E-state index in [0.29, 0.717) is 5.69 Å². The fourth-order valence-electron chi connectivity index (χ4n) is 3.24. The van der Waals surface area contributed by atoms with Crippen LogP contribution in [0.25, 0.3) is 11.0 Å². The molecule has 0 aliphatic carbocycles. The molecule has 10 heteroatoms. The van der Waals surface area contributed by atoms with Crippen molar-refractivity contribution in [1.29, 1.82) is 0 Å². The summed E-state index contributed by atoms with van der Waals surface area (Å²) in [5.41, 5.74) is 0.938. The van der Waals surface area contributed by atoms with Crippen molar-refractivity contribution in [2.24, 2.45) is 5.92 Å². The van der Waals surface area contributed by atoms with Gasteiger partial charge in [0, 0.05) is 5.69 Å². The van der Waals surface area contributed by atoms with Gasteiger partial charge in [0.2, 0.25) is 5.91 Å². The monoisotopic (exact) mass is 458 g/mol. The quantitative estimate of drug-likeness (QED) is 0.318. The first-order chi connectivity index (χ1) is 15.2. The van der Waals surface area contributed by atoms with Crippen molar-refractivity contribution in [1.82, 2.24) is 20.3 Å². The zero-order chi connectivity index (χ0) is 23.4. The number of methoxy groups -OCH3 is 1. The second kappa shape index (κ2) is 9.90. The molecule has 0 bridgehead atoms. The average molecular weight is 459 g/mol. The van der Waals surface area contributed by atoms with Crippen LogP contribution in [0, 0.1) is 18.7 Å². The first-order valence-corrected chi connectivity index (χ1v) is 10.9. The molecule has 0 fully saturated rings. The van der Waals surface area contributed by atoms with Gasteiger partial charge in [-0.1, -0.05) is 37.7 Å². The summed E-state index contributed by atoms with van der Waals surface area (Å²) in [5, 5.41) is 3.17. The lowest BCUT2D eigenvalue weighted by molar-refractivity contribution is -0.119. The number of halogens is 1. The Labute approximate surface area is 188 Å². The topological polar surface area (TPSA) is 114 Å². The SMILES string of the molecule is COC(=O)c1cc(C)nc2nc(SCC(=O)NC(c3ccc(F)cc3)C(C)C)[nH]c(=O)c12. The second-order valence-corrected chi connectivity index (χ2v) is 8.47. The van der Waals surface area contributed by atoms with E-state index in [1.54, 1.807) is 19.1 Å². The number of fused-ring (bicyclic) bond motifs is 1. The lowest BCUT2D eigenvalue weighted by Gasteiger charge is -2.23. The molecular formula is C22H23FN4O4S. The highest BCUT2D eigenvalue weighted by Crippen LogP contribution is 2.23. The summed E-state index contributed by atoms with van der Waals surface area (Å²) in [6.07, 6.45) is 0. The highest BCUT2D eigenvalue weighted by molar-refractivity contribution is 7.99. The van der Waals surface area contributed by atoms with Crippen molar-refractivity contribution in [2.45, 2.75) is 32.0 Å². The average Bonchev–Trinajstić information content (AvgIpc) is 2.75. The van der Waals surface area contributed by atoms with Crippen LogP contribution < -0.4 is 10.9 Å². The van der Waals surface area contributed by atoms with E-state index in [1.165, 1.54) is 25.3 Å². The number of hydrogen-bond acceptors (Lipinski definition) is 7. The number of carbonyl (C=O) groups excluding carboxylic acids is 2. The zero-order valence-electron chi connectivity index (χ0n) is 18.1.